The summed E-state index contributed by atoms with van der Waals surface area (Å²) in [4.78, 5) is 49.9. The van der Waals surface area contributed by atoms with Crippen molar-refractivity contribution in [3.63, 3.8) is 0 Å². The number of hydrogen-bond donors (Lipinski definition) is 1. The largest absolute Gasteiger partial charge is 0.493 e. The monoisotopic (exact) mass is 527 g/mol. The molecule has 1 N–H and O–H groups in total. The van der Waals surface area contributed by atoms with Crippen LogP contribution in [0.1, 0.15) is 44.9 Å². The molecule has 4 heterocycles. The summed E-state index contributed by atoms with van der Waals surface area (Å²) in [5.41, 5.74) is 2.99. The predicted octanol–water partition coefficient (Wildman–Crippen LogP) is 4.36. The van der Waals surface area contributed by atoms with E-state index < -0.39 is 0 Å². The van der Waals surface area contributed by atoms with Gasteiger partial charge in [-0.05, 0) is 56.4 Å². The number of nitrogens with zero attached hydrogens (tertiary/aromatic N) is 4. The molecule has 3 amide bonds. The first-order valence-corrected chi connectivity index (χ1v) is 13.4. The maximum absolute atomic E-state index is 12.1. The Kier molecular flexibility index (Phi) is 10.3. The van der Waals surface area contributed by atoms with Crippen molar-refractivity contribution in [1.29, 1.82) is 0 Å². The van der Waals surface area contributed by atoms with Crippen LogP contribution >= 0.6 is 0 Å². The number of carbonyl (C=O) groups excluding carboxylic acids is 3. The fraction of sp³-hybridized carbons (Fsp3) is 0.333. The third-order valence-corrected chi connectivity index (χ3v) is 6.25. The van der Waals surface area contributed by atoms with E-state index in [1.54, 1.807) is 12.4 Å². The van der Waals surface area contributed by atoms with Crippen molar-refractivity contribution in [3.05, 3.63) is 73.1 Å². The quantitative estimate of drug-likeness (QED) is 0.231. The summed E-state index contributed by atoms with van der Waals surface area (Å²) >= 11 is 0. The van der Waals surface area contributed by atoms with E-state index in [1.165, 1.54) is 17.1 Å². The number of imide groups is 1. The van der Waals surface area contributed by atoms with E-state index in [2.05, 4.69) is 15.3 Å². The van der Waals surface area contributed by atoms with E-state index in [0.29, 0.717) is 38.3 Å². The van der Waals surface area contributed by atoms with E-state index >= 15 is 0 Å². The average Bonchev–Trinajstić information content (AvgIpc) is 3.29. The molecule has 0 saturated carbocycles. The topological polar surface area (TPSA) is 114 Å². The van der Waals surface area contributed by atoms with Gasteiger partial charge in [0.05, 0.1) is 29.4 Å². The van der Waals surface area contributed by atoms with Crippen LogP contribution in [0.2, 0.25) is 0 Å². The number of nitrogens with one attached hydrogen (secondary N) is 1. The molecule has 0 spiro atoms. The van der Waals surface area contributed by atoms with Gasteiger partial charge in [-0.25, -0.2) is 4.98 Å². The Labute approximate surface area is 228 Å². The lowest BCUT2D eigenvalue weighted by Gasteiger charge is -2.13. The summed E-state index contributed by atoms with van der Waals surface area (Å²) in [6.07, 6.45) is 11.4. The molecule has 0 aliphatic carbocycles. The van der Waals surface area contributed by atoms with Crippen LogP contribution in [0.15, 0.2) is 73.1 Å². The third-order valence-electron chi connectivity index (χ3n) is 6.25. The smallest absolute Gasteiger partial charge is 0.253 e. The summed E-state index contributed by atoms with van der Waals surface area (Å²) in [6.45, 7) is 1.59. The zero-order valence-electron chi connectivity index (χ0n) is 21.9. The maximum atomic E-state index is 12.1. The average molecular weight is 528 g/mol. The highest BCUT2D eigenvalue weighted by atomic mass is 16.5. The molecule has 0 saturated heterocycles. The van der Waals surface area contributed by atoms with Gasteiger partial charge in [-0.2, -0.15) is 0 Å². The molecule has 0 atom stereocenters. The minimum absolute atomic E-state index is 0.0297. The van der Waals surface area contributed by atoms with Crippen LogP contribution in [0.3, 0.4) is 0 Å². The second kappa shape index (κ2) is 14.5. The van der Waals surface area contributed by atoms with Crippen molar-refractivity contribution in [2.45, 2.75) is 44.9 Å². The van der Waals surface area contributed by atoms with Crippen molar-refractivity contribution in [1.82, 2.24) is 25.2 Å². The minimum atomic E-state index is -0.257. The van der Waals surface area contributed by atoms with Crippen molar-refractivity contribution < 1.29 is 19.1 Å². The first-order chi connectivity index (χ1) is 19.1. The van der Waals surface area contributed by atoms with Crippen LogP contribution in [0, 0.1) is 0 Å². The van der Waals surface area contributed by atoms with Gasteiger partial charge in [0, 0.05) is 56.2 Å². The van der Waals surface area contributed by atoms with Gasteiger partial charge in [-0.3, -0.25) is 29.3 Å². The number of carbonyl (C=O) groups is 3. The highest BCUT2D eigenvalue weighted by Crippen LogP contribution is 2.26. The van der Waals surface area contributed by atoms with E-state index in [9.17, 15) is 14.4 Å². The van der Waals surface area contributed by atoms with Gasteiger partial charge in [0.1, 0.15) is 5.75 Å². The summed E-state index contributed by atoms with van der Waals surface area (Å²) in [5.74, 6) is 0.233. The number of ether oxygens (including phenoxy) is 1. The summed E-state index contributed by atoms with van der Waals surface area (Å²) in [7, 11) is 0. The van der Waals surface area contributed by atoms with Gasteiger partial charge in [-0.1, -0.05) is 18.6 Å². The van der Waals surface area contributed by atoms with Crippen molar-refractivity contribution >= 4 is 17.7 Å². The highest BCUT2D eigenvalue weighted by Gasteiger charge is 2.22. The van der Waals surface area contributed by atoms with Crippen LogP contribution in [0.25, 0.3) is 22.8 Å². The highest BCUT2D eigenvalue weighted by molar-refractivity contribution is 6.12. The van der Waals surface area contributed by atoms with Crippen LogP contribution < -0.4 is 10.1 Å². The Morgan fingerprint density at radius 2 is 1.41 bits per heavy atom. The van der Waals surface area contributed by atoms with Gasteiger partial charge >= 0.3 is 0 Å². The molecule has 9 heteroatoms. The van der Waals surface area contributed by atoms with E-state index in [-0.39, 0.29) is 17.7 Å². The zero-order valence-corrected chi connectivity index (χ0v) is 21.9. The lowest BCUT2D eigenvalue weighted by molar-refractivity contribution is -0.137. The lowest BCUT2D eigenvalue weighted by atomic mass is 10.1. The molecule has 4 rings (SSSR count). The Morgan fingerprint density at radius 1 is 0.769 bits per heavy atom. The van der Waals surface area contributed by atoms with Gasteiger partial charge in [0.25, 0.3) is 11.8 Å². The van der Waals surface area contributed by atoms with E-state index in [4.69, 9.17) is 9.72 Å². The third kappa shape index (κ3) is 8.56. The van der Waals surface area contributed by atoms with Crippen molar-refractivity contribution in [3.8, 4) is 28.5 Å². The second-order valence-corrected chi connectivity index (χ2v) is 9.23. The van der Waals surface area contributed by atoms with Gasteiger partial charge in [0.15, 0.2) is 0 Å². The SMILES string of the molecule is O=C(CCCCCN1C(=O)C=CC1=O)NCCCCCOc1cc(-c2ccccn2)nc(-c2ccccn2)c1. The zero-order chi connectivity index (χ0) is 27.3. The van der Waals surface area contributed by atoms with Crippen LogP contribution in [0.4, 0.5) is 0 Å². The number of hydrogen-bond acceptors (Lipinski definition) is 7. The number of rotatable bonds is 15. The summed E-state index contributed by atoms with van der Waals surface area (Å²) < 4.78 is 6.05. The summed E-state index contributed by atoms with van der Waals surface area (Å²) in [6, 6.07) is 15.2. The number of amides is 3. The molecule has 1 aliphatic heterocycles. The van der Waals surface area contributed by atoms with Crippen molar-refractivity contribution in [2.24, 2.45) is 0 Å². The fourth-order valence-electron chi connectivity index (χ4n) is 4.17. The Morgan fingerprint density at radius 3 is 2.03 bits per heavy atom. The first kappa shape index (κ1) is 27.6. The van der Waals surface area contributed by atoms with Crippen LogP contribution in [0.5, 0.6) is 5.75 Å². The molecule has 202 valence electrons. The molecule has 0 unspecified atom stereocenters. The molecule has 0 aromatic carbocycles. The number of pyridine rings is 3. The van der Waals surface area contributed by atoms with Gasteiger partial charge in [0.2, 0.25) is 5.91 Å². The second-order valence-electron chi connectivity index (χ2n) is 9.23. The normalized spacial score (nSPS) is 12.7. The molecular formula is C30H33N5O4. The van der Waals surface area contributed by atoms with Crippen LogP contribution in [-0.4, -0.2) is 57.3 Å². The molecule has 0 bridgehead atoms. The maximum Gasteiger partial charge on any atom is 0.253 e. The Balaban J connectivity index is 1.12. The number of unbranched alkanes of at least 4 members (excludes halogenated alkanes) is 4. The standard InChI is InChI=1S/C30H33N5O4/c36-28(13-3-1-9-19-35-29(37)14-15-30(35)38)33-18-6-2-10-20-39-23-21-26(24-11-4-7-16-31-24)34-27(22-23)25-12-5-8-17-32-25/h4-5,7-8,11-12,14-17,21-22H,1-3,6,9-10,13,18-20H2,(H,33,36). The van der Waals surface area contributed by atoms with Gasteiger partial charge in [-0.15, -0.1) is 0 Å². The Bertz CT molecular complexity index is 1210. The van der Waals surface area contributed by atoms with Crippen LogP contribution in [-0.2, 0) is 14.4 Å². The van der Waals surface area contributed by atoms with Crippen molar-refractivity contribution in [2.75, 3.05) is 19.7 Å². The lowest BCUT2D eigenvalue weighted by Crippen LogP contribution is -2.30. The van der Waals surface area contributed by atoms with E-state index in [0.717, 1.165) is 54.9 Å². The molecule has 1 aliphatic rings. The molecule has 3 aromatic rings. The molecular weight excluding hydrogens is 494 g/mol. The predicted molar refractivity (Wildman–Crippen MR) is 147 cm³/mol. The van der Waals surface area contributed by atoms with E-state index in [1.807, 2.05) is 48.5 Å². The molecule has 0 fully saturated rings. The Hall–Kier alpha value is -4.40. The molecule has 3 aromatic heterocycles. The molecule has 0 radical (unpaired) electrons. The molecule has 39 heavy (non-hydrogen) atoms. The first-order valence-electron chi connectivity index (χ1n) is 13.4. The summed E-state index contributed by atoms with van der Waals surface area (Å²) in [5, 5.41) is 2.96. The number of aromatic nitrogens is 3. The molecule has 9 nitrogen and oxygen atoms in total. The van der Waals surface area contributed by atoms with Gasteiger partial charge < -0.3 is 10.1 Å². The minimum Gasteiger partial charge on any atom is -0.493 e. The fourth-order valence-corrected chi connectivity index (χ4v) is 4.17.